The molecule has 6 N–H and O–H groups in total. The largest absolute Gasteiger partial charge is 0.386 e. The van der Waals surface area contributed by atoms with Gasteiger partial charge >= 0.3 is 0 Å². The van der Waals surface area contributed by atoms with Gasteiger partial charge in [-0.05, 0) is 54.6 Å². The molecule has 0 spiro atoms. The van der Waals surface area contributed by atoms with E-state index in [0.29, 0.717) is 32.8 Å². The Morgan fingerprint density at radius 3 is 2.29 bits per heavy atom. The fraction of sp³-hybridized carbons (Fsp3) is 0.0476. The molecule has 2 aromatic carbocycles. The normalized spacial score (nSPS) is 10.3. The number of carbonyl (C=O) groups is 2. The van der Waals surface area contributed by atoms with Crippen LogP contribution in [0, 0.1) is 5.41 Å². The van der Waals surface area contributed by atoms with E-state index in [2.05, 4.69) is 20.9 Å². The molecule has 0 aliphatic carbocycles. The smallest absolute Gasteiger partial charge is 0.258 e. The van der Waals surface area contributed by atoms with Gasteiger partial charge in [-0.15, -0.1) is 0 Å². The van der Waals surface area contributed by atoms with Crippen molar-refractivity contribution >= 4 is 58.0 Å². The van der Waals surface area contributed by atoms with E-state index in [0.717, 1.165) is 0 Å². The van der Waals surface area contributed by atoms with Gasteiger partial charge in [0.25, 0.3) is 11.8 Å². The first-order chi connectivity index (χ1) is 14.8. The minimum absolute atomic E-state index is 0.00386. The second kappa shape index (κ2) is 9.92. The molecule has 31 heavy (non-hydrogen) atoms. The summed E-state index contributed by atoms with van der Waals surface area (Å²) in [7, 11) is 0. The zero-order chi connectivity index (χ0) is 22.4. The summed E-state index contributed by atoms with van der Waals surface area (Å²) in [5.74, 6) is -0.583. The van der Waals surface area contributed by atoms with Gasteiger partial charge in [0.2, 0.25) is 0 Å². The molecule has 0 bridgehead atoms. The fourth-order valence-corrected chi connectivity index (χ4v) is 2.86. The van der Waals surface area contributed by atoms with Gasteiger partial charge in [0.1, 0.15) is 11.7 Å². The lowest BCUT2D eigenvalue weighted by molar-refractivity contribution is 0.102. The number of pyridine rings is 1. The Morgan fingerprint density at radius 2 is 1.65 bits per heavy atom. The van der Waals surface area contributed by atoms with Crippen molar-refractivity contribution in [1.29, 1.82) is 5.41 Å². The summed E-state index contributed by atoms with van der Waals surface area (Å²) < 4.78 is 0. The number of nitrogens with one attached hydrogen (secondary N) is 4. The molecule has 8 nitrogen and oxygen atoms in total. The third-order valence-corrected chi connectivity index (χ3v) is 4.53. The Bertz CT molecular complexity index is 1120. The zero-order valence-corrected chi connectivity index (χ0v) is 17.6. The highest BCUT2D eigenvalue weighted by atomic mass is 35.5. The van der Waals surface area contributed by atoms with Crippen molar-refractivity contribution in [2.75, 3.05) is 22.5 Å². The third kappa shape index (κ3) is 6.18. The van der Waals surface area contributed by atoms with Gasteiger partial charge in [-0.25, -0.2) is 4.98 Å². The molecule has 1 heterocycles. The molecular weight excluding hydrogens is 439 g/mol. The summed E-state index contributed by atoms with van der Waals surface area (Å²) in [6.45, 7) is 0.206. The fourth-order valence-electron chi connectivity index (χ4n) is 2.58. The van der Waals surface area contributed by atoms with Gasteiger partial charge in [-0.2, -0.15) is 0 Å². The SMILES string of the molecule is N=C(N)CNc1ccc(C(=O)Nc2ccc(Cl)cc2C(=O)Nc2ccc(Cl)cn2)cc1. The lowest BCUT2D eigenvalue weighted by Crippen LogP contribution is -2.21. The minimum atomic E-state index is -0.489. The van der Waals surface area contributed by atoms with Crippen LogP contribution in [0.25, 0.3) is 0 Å². The number of nitrogens with zero attached hydrogens (tertiary/aromatic N) is 1. The molecule has 0 fully saturated rings. The molecule has 2 amide bonds. The molecule has 0 saturated carbocycles. The number of hydrogen-bond donors (Lipinski definition) is 5. The molecule has 1 aromatic heterocycles. The monoisotopic (exact) mass is 456 g/mol. The number of hydrogen-bond acceptors (Lipinski definition) is 5. The predicted octanol–water partition coefficient (Wildman–Crippen LogP) is 4.24. The van der Waals surface area contributed by atoms with Crippen molar-refractivity contribution in [3.8, 4) is 0 Å². The number of aromatic nitrogens is 1. The zero-order valence-electron chi connectivity index (χ0n) is 16.1. The topological polar surface area (TPSA) is 133 Å². The van der Waals surface area contributed by atoms with E-state index >= 15 is 0 Å². The number of rotatable bonds is 7. The predicted molar refractivity (Wildman–Crippen MR) is 123 cm³/mol. The summed E-state index contributed by atoms with van der Waals surface area (Å²) in [5.41, 5.74) is 6.88. The molecule has 0 atom stereocenters. The van der Waals surface area contributed by atoms with Crippen LogP contribution in [0.3, 0.4) is 0 Å². The lowest BCUT2D eigenvalue weighted by Gasteiger charge is -2.12. The highest BCUT2D eigenvalue weighted by Crippen LogP contribution is 2.23. The van der Waals surface area contributed by atoms with E-state index in [-0.39, 0.29) is 17.9 Å². The average Bonchev–Trinajstić information content (AvgIpc) is 2.75. The van der Waals surface area contributed by atoms with E-state index in [1.807, 2.05) is 0 Å². The molecule has 3 rings (SSSR count). The molecule has 0 unspecified atom stereocenters. The standard InChI is InChI=1S/C21H18Cl2N6O2/c22-13-3-7-17(16(9-13)21(31)29-19-8-4-14(23)10-27-19)28-20(30)12-1-5-15(6-2-12)26-11-18(24)25/h1-10,26H,11H2,(H3,24,25)(H,28,30)(H,27,29,31). The summed E-state index contributed by atoms with van der Waals surface area (Å²) in [5, 5.41) is 16.3. The van der Waals surface area contributed by atoms with Crippen LogP contribution in [-0.4, -0.2) is 29.2 Å². The van der Waals surface area contributed by atoms with Gasteiger partial charge in [0, 0.05) is 22.5 Å². The van der Waals surface area contributed by atoms with Crippen LogP contribution >= 0.6 is 23.2 Å². The minimum Gasteiger partial charge on any atom is -0.386 e. The van der Waals surface area contributed by atoms with Crippen LogP contribution in [0.4, 0.5) is 17.2 Å². The quantitative estimate of drug-likeness (QED) is 0.267. The molecule has 0 radical (unpaired) electrons. The van der Waals surface area contributed by atoms with Gasteiger partial charge < -0.3 is 21.7 Å². The number of amides is 2. The number of anilines is 3. The molecule has 10 heteroatoms. The van der Waals surface area contributed by atoms with Crippen LogP contribution < -0.4 is 21.7 Å². The highest BCUT2D eigenvalue weighted by Gasteiger charge is 2.16. The van der Waals surface area contributed by atoms with Crippen LogP contribution in [0.1, 0.15) is 20.7 Å². The van der Waals surface area contributed by atoms with Crippen molar-refractivity contribution in [2.24, 2.45) is 5.73 Å². The molecule has 0 saturated heterocycles. The summed E-state index contributed by atoms with van der Waals surface area (Å²) >= 11 is 11.9. The van der Waals surface area contributed by atoms with E-state index in [1.54, 1.807) is 48.5 Å². The molecule has 0 aliphatic heterocycles. The first kappa shape index (κ1) is 22.1. The number of carbonyl (C=O) groups excluding carboxylic acids is 2. The Labute approximate surface area is 188 Å². The first-order valence-electron chi connectivity index (χ1n) is 9.02. The second-order valence-electron chi connectivity index (χ2n) is 6.42. The van der Waals surface area contributed by atoms with Crippen LogP contribution in [-0.2, 0) is 0 Å². The van der Waals surface area contributed by atoms with Crippen LogP contribution in [0.15, 0.2) is 60.8 Å². The average molecular weight is 457 g/mol. The first-order valence-corrected chi connectivity index (χ1v) is 9.78. The van der Waals surface area contributed by atoms with E-state index in [4.69, 9.17) is 34.3 Å². The van der Waals surface area contributed by atoms with Gasteiger partial charge in [0.05, 0.1) is 22.8 Å². The van der Waals surface area contributed by atoms with Crippen molar-refractivity contribution in [2.45, 2.75) is 0 Å². The molecule has 0 aliphatic rings. The van der Waals surface area contributed by atoms with Gasteiger partial charge in [-0.3, -0.25) is 15.0 Å². The Balaban J connectivity index is 1.75. The molecule has 3 aromatic rings. The number of amidine groups is 1. The van der Waals surface area contributed by atoms with Crippen LogP contribution in [0.5, 0.6) is 0 Å². The highest BCUT2D eigenvalue weighted by molar-refractivity contribution is 6.31. The number of halogens is 2. The van der Waals surface area contributed by atoms with Gasteiger partial charge in [0.15, 0.2) is 0 Å². The van der Waals surface area contributed by atoms with Crippen molar-refractivity contribution in [3.63, 3.8) is 0 Å². The van der Waals surface area contributed by atoms with Crippen LogP contribution in [0.2, 0.25) is 10.0 Å². The maximum Gasteiger partial charge on any atom is 0.258 e. The van der Waals surface area contributed by atoms with Crippen molar-refractivity contribution in [3.05, 3.63) is 82.0 Å². The Kier molecular flexibility index (Phi) is 7.07. The Hall–Kier alpha value is -3.62. The maximum absolute atomic E-state index is 12.7. The van der Waals surface area contributed by atoms with E-state index in [1.165, 1.54) is 12.3 Å². The summed E-state index contributed by atoms with van der Waals surface area (Å²) in [6.07, 6.45) is 1.41. The van der Waals surface area contributed by atoms with Crippen molar-refractivity contribution < 1.29 is 9.59 Å². The van der Waals surface area contributed by atoms with Gasteiger partial charge in [-0.1, -0.05) is 23.2 Å². The Morgan fingerprint density at radius 1 is 0.935 bits per heavy atom. The van der Waals surface area contributed by atoms with Crippen molar-refractivity contribution in [1.82, 2.24) is 4.98 Å². The number of benzene rings is 2. The molecule has 158 valence electrons. The number of nitrogens with two attached hydrogens (primary N) is 1. The van der Waals surface area contributed by atoms with E-state index < -0.39 is 11.8 Å². The summed E-state index contributed by atoms with van der Waals surface area (Å²) in [6, 6.07) is 14.4. The lowest BCUT2D eigenvalue weighted by atomic mass is 10.1. The second-order valence-corrected chi connectivity index (χ2v) is 7.29. The van der Waals surface area contributed by atoms with E-state index in [9.17, 15) is 9.59 Å². The maximum atomic E-state index is 12.7. The summed E-state index contributed by atoms with van der Waals surface area (Å²) in [4.78, 5) is 29.4. The molecular formula is C21H18Cl2N6O2. The third-order valence-electron chi connectivity index (χ3n) is 4.07.